The van der Waals surface area contributed by atoms with E-state index in [0.29, 0.717) is 16.9 Å². The largest absolute Gasteiger partial charge is 0.352 e. The van der Waals surface area contributed by atoms with Crippen molar-refractivity contribution in [2.75, 3.05) is 5.32 Å². The molecule has 2 heterocycles. The summed E-state index contributed by atoms with van der Waals surface area (Å²) in [5.74, 6) is -1.59. The minimum Gasteiger partial charge on any atom is -0.352 e. The van der Waals surface area contributed by atoms with Crippen molar-refractivity contribution in [1.29, 1.82) is 0 Å². The van der Waals surface area contributed by atoms with E-state index < -0.39 is 11.6 Å². The Morgan fingerprint density at radius 1 is 1.33 bits per heavy atom. The van der Waals surface area contributed by atoms with E-state index in [0.717, 1.165) is 6.07 Å². The minimum atomic E-state index is -0.982. The van der Waals surface area contributed by atoms with E-state index in [2.05, 4.69) is 10.3 Å². The number of carbonyl (C=O) groups is 1. The summed E-state index contributed by atoms with van der Waals surface area (Å²) in [6.45, 7) is 0. The molecule has 1 atom stereocenters. The van der Waals surface area contributed by atoms with Gasteiger partial charge in [0.1, 0.15) is 11.3 Å². The van der Waals surface area contributed by atoms with Crippen LogP contribution in [0.1, 0.15) is 21.5 Å². The molecule has 2 N–H and O–H groups in total. The second kappa shape index (κ2) is 5.33. The van der Waals surface area contributed by atoms with Gasteiger partial charge in [-0.3, -0.25) is 4.79 Å². The van der Waals surface area contributed by atoms with Gasteiger partial charge >= 0.3 is 0 Å². The van der Waals surface area contributed by atoms with E-state index in [9.17, 15) is 13.6 Å². The lowest BCUT2D eigenvalue weighted by molar-refractivity contribution is 0.0991. The molecular formula is C15H11ClF2N2O. The Kier molecular flexibility index (Phi) is 3.51. The van der Waals surface area contributed by atoms with Crippen molar-refractivity contribution in [2.45, 2.75) is 11.9 Å². The molecule has 0 fully saturated rings. The molecule has 1 aromatic carbocycles. The number of aromatic amines is 1. The Labute approximate surface area is 124 Å². The van der Waals surface area contributed by atoms with Crippen LogP contribution in [0.15, 0.2) is 30.5 Å². The Bertz CT molecular complexity index is 739. The number of fused-ring (bicyclic) bond motifs is 1. The van der Waals surface area contributed by atoms with Gasteiger partial charge in [0.05, 0.1) is 0 Å². The SMILES string of the molecule is O=C(Cc1cccc(F)c1F)c1c[nH]c2c1C=CC(Cl)N2. The lowest BCUT2D eigenvalue weighted by Crippen LogP contribution is -2.14. The molecule has 0 bridgehead atoms. The second-order valence-electron chi connectivity index (χ2n) is 4.71. The fourth-order valence-corrected chi connectivity index (χ4v) is 2.46. The summed E-state index contributed by atoms with van der Waals surface area (Å²) in [7, 11) is 0. The standard InChI is InChI=1S/C15H11ClF2N2O/c16-13-5-4-9-10(7-19-15(9)20-13)12(21)6-8-2-1-3-11(17)14(8)18/h1-5,7,13,19-20H,6H2. The number of rotatable bonds is 3. The summed E-state index contributed by atoms with van der Waals surface area (Å²) in [4.78, 5) is 15.2. The fourth-order valence-electron chi connectivity index (χ4n) is 2.28. The molecule has 2 aromatic rings. The number of anilines is 1. The first-order valence-electron chi connectivity index (χ1n) is 6.32. The lowest BCUT2D eigenvalue weighted by atomic mass is 10.0. The minimum absolute atomic E-state index is 0.0397. The van der Waals surface area contributed by atoms with Crippen LogP contribution in [0.4, 0.5) is 14.6 Å². The Morgan fingerprint density at radius 2 is 2.14 bits per heavy atom. The van der Waals surface area contributed by atoms with Crippen LogP contribution in [-0.4, -0.2) is 16.3 Å². The maximum absolute atomic E-state index is 13.6. The molecule has 3 nitrogen and oxygen atoms in total. The van der Waals surface area contributed by atoms with Gasteiger partial charge in [-0.2, -0.15) is 0 Å². The number of ketones is 1. The molecule has 0 radical (unpaired) electrons. The molecular weight excluding hydrogens is 298 g/mol. The molecule has 1 aliphatic rings. The number of Topliss-reactive ketones (excluding diaryl/α,β-unsaturated/α-hetero) is 1. The first-order chi connectivity index (χ1) is 10.1. The summed E-state index contributed by atoms with van der Waals surface area (Å²) in [6.07, 6.45) is 4.77. The molecule has 0 saturated heterocycles. The summed E-state index contributed by atoms with van der Waals surface area (Å²) < 4.78 is 26.8. The summed E-state index contributed by atoms with van der Waals surface area (Å²) in [5, 5.41) is 2.96. The van der Waals surface area contributed by atoms with Crippen molar-refractivity contribution >= 4 is 29.3 Å². The molecule has 1 unspecified atom stereocenters. The molecule has 1 aromatic heterocycles. The topological polar surface area (TPSA) is 44.9 Å². The number of carbonyl (C=O) groups excluding carboxylic acids is 1. The lowest BCUT2D eigenvalue weighted by Gasteiger charge is -2.14. The Hall–Kier alpha value is -2.14. The number of nitrogens with one attached hydrogen (secondary N) is 2. The van der Waals surface area contributed by atoms with E-state index in [1.807, 2.05) is 0 Å². The van der Waals surface area contributed by atoms with Crippen LogP contribution < -0.4 is 5.32 Å². The number of aromatic nitrogens is 1. The molecule has 0 aliphatic carbocycles. The first kappa shape index (κ1) is 13.8. The van der Waals surface area contributed by atoms with Crippen LogP contribution in [0.2, 0.25) is 0 Å². The van der Waals surface area contributed by atoms with E-state index >= 15 is 0 Å². The first-order valence-corrected chi connectivity index (χ1v) is 6.76. The number of hydrogen-bond acceptors (Lipinski definition) is 2. The quantitative estimate of drug-likeness (QED) is 0.515. The van der Waals surface area contributed by atoms with Crippen molar-refractivity contribution in [3.63, 3.8) is 0 Å². The zero-order chi connectivity index (χ0) is 15.0. The molecule has 21 heavy (non-hydrogen) atoms. The molecule has 0 amide bonds. The highest BCUT2D eigenvalue weighted by molar-refractivity contribution is 6.23. The van der Waals surface area contributed by atoms with E-state index in [4.69, 9.17) is 11.6 Å². The zero-order valence-corrected chi connectivity index (χ0v) is 11.5. The molecule has 3 rings (SSSR count). The van der Waals surface area contributed by atoms with Crippen molar-refractivity contribution in [3.05, 3.63) is 58.8 Å². The van der Waals surface area contributed by atoms with Crippen LogP contribution in [0.25, 0.3) is 6.08 Å². The van der Waals surface area contributed by atoms with Crippen molar-refractivity contribution in [2.24, 2.45) is 0 Å². The number of alkyl halides is 1. The van der Waals surface area contributed by atoms with Crippen molar-refractivity contribution in [3.8, 4) is 0 Å². The van der Waals surface area contributed by atoms with Gasteiger partial charge in [-0.05, 0) is 17.7 Å². The summed E-state index contributed by atoms with van der Waals surface area (Å²) >= 11 is 5.91. The third kappa shape index (κ3) is 2.56. The normalized spacial score (nSPS) is 16.4. The van der Waals surface area contributed by atoms with Crippen LogP contribution in [0, 0.1) is 11.6 Å². The van der Waals surface area contributed by atoms with Gasteiger partial charge in [0.15, 0.2) is 17.4 Å². The van der Waals surface area contributed by atoms with Gasteiger partial charge < -0.3 is 10.3 Å². The van der Waals surface area contributed by atoms with Gasteiger partial charge in [0, 0.05) is 23.7 Å². The highest BCUT2D eigenvalue weighted by atomic mass is 35.5. The fraction of sp³-hybridized carbons (Fsp3) is 0.133. The van der Waals surface area contributed by atoms with Crippen molar-refractivity contribution < 1.29 is 13.6 Å². The Balaban J connectivity index is 1.88. The highest BCUT2D eigenvalue weighted by Gasteiger charge is 2.21. The van der Waals surface area contributed by atoms with Crippen LogP contribution >= 0.6 is 11.6 Å². The third-order valence-electron chi connectivity index (χ3n) is 3.32. The maximum atomic E-state index is 13.6. The number of hydrogen-bond donors (Lipinski definition) is 2. The number of H-pyrrole nitrogens is 1. The van der Waals surface area contributed by atoms with Gasteiger partial charge in [-0.15, -0.1) is 0 Å². The van der Waals surface area contributed by atoms with E-state index in [1.54, 1.807) is 12.2 Å². The van der Waals surface area contributed by atoms with Crippen LogP contribution in [0.3, 0.4) is 0 Å². The van der Waals surface area contributed by atoms with Gasteiger partial charge in [-0.1, -0.05) is 29.8 Å². The third-order valence-corrected chi connectivity index (χ3v) is 3.57. The molecule has 108 valence electrons. The summed E-state index contributed by atoms with van der Waals surface area (Å²) in [6, 6.07) is 3.81. The Morgan fingerprint density at radius 3 is 2.95 bits per heavy atom. The maximum Gasteiger partial charge on any atom is 0.169 e. The van der Waals surface area contributed by atoms with Crippen LogP contribution in [-0.2, 0) is 6.42 Å². The molecule has 0 spiro atoms. The monoisotopic (exact) mass is 308 g/mol. The zero-order valence-electron chi connectivity index (χ0n) is 10.8. The average Bonchev–Trinajstić information content (AvgIpc) is 2.86. The number of halogens is 3. The summed E-state index contributed by atoms with van der Waals surface area (Å²) in [5.41, 5.74) is 0.785. The van der Waals surface area contributed by atoms with Crippen LogP contribution in [0.5, 0.6) is 0 Å². The van der Waals surface area contributed by atoms with Gasteiger partial charge in [0.2, 0.25) is 0 Å². The molecule has 6 heteroatoms. The smallest absolute Gasteiger partial charge is 0.169 e. The van der Waals surface area contributed by atoms with Gasteiger partial charge in [0.25, 0.3) is 0 Å². The van der Waals surface area contributed by atoms with E-state index in [-0.39, 0.29) is 23.3 Å². The number of benzene rings is 1. The second-order valence-corrected chi connectivity index (χ2v) is 5.18. The van der Waals surface area contributed by atoms with E-state index in [1.165, 1.54) is 18.3 Å². The predicted octanol–water partition coefficient (Wildman–Crippen LogP) is 3.72. The molecule has 0 saturated carbocycles. The van der Waals surface area contributed by atoms with Gasteiger partial charge in [-0.25, -0.2) is 8.78 Å². The predicted molar refractivity (Wildman–Crippen MR) is 77.5 cm³/mol. The molecule has 1 aliphatic heterocycles. The van der Waals surface area contributed by atoms with Crippen molar-refractivity contribution in [1.82, 2.24) is 4.98 Å². The average molecular weight is 309 g/mol. The highest BCUT2D eigenvalue weighted by Crippen LogP contribution is 2.28.